The number of nitrogens with one attached hydrogen (secondary N) is 1. The minimum Gasteiger partial charge on any atom is -0.313 e. The lowest BCUT2D eigenvalue weighted by Gasteiger charge is -2.22. The van der Waals surface area contributed by atoms with Gasteiger partial charge in [-0.3, -0.25) is 0 Å². The number of hydrogen-bond donors (Lipinski definition) is 1. The van der Waals surface area contributed by atoms with Gasteiger partial charge in [0.05, 0.1) is 0 Å². The van der Waals surface area contributed by atoms with Crippen molar-refractivity contribution >= 4 is 0 Å². The van der Waals surface area contributed by atoms with Crippen LogP contribution in [0.5, 0.6) is 0 Å². The molecule has 4 atom stereocenters. The summed E-state index contributed by atoms with van der Waals surface area (Å²) >= 11 is 0. The Morgan fingerprint density at radius 2 is 2.20 bits per heavy atom. The second kappa shape index (κ2) is 1.42. The zero-order chi connectivity index (χ0) is 6.77. The molecule has 1 heteroatoms. The van der Waals surface area contributed by atoms with Gasteiger partial charge in [-0.2, -0.15) is 0 Å². The fourth-order valence-corrected chi connectivity index (χ4v) is 2.73. The summed E-state index contributed by atoms with van der Waals surface area (Å²) in [6, 6.07) is 0.943. The molecule has 1 nitrogen and oxygen atoms in total. The predicted molar refractivity (Wildman–Crippen MR) is 40.7 cm³/mol. The quantitative estimate of drug-likeness (QED) is 0.532. The van der Waals surface area contributed by atoms with E-state index in [1.165, 1.54) is 19.4 Å². The van der Waals surface area contributed by atoms with E-state index in [-0.39, 0.29) is 0 Å². The first-order valence-corrected chi connectivity index (χ1v) is 4.54. The molecule has 0 radical (unpaired) electrons. The Hall–Kier alpha value is -0.0400. The van der Waals surface area contributed by atoms with Crippen LogP contribution in [0.25, 0.3) is 0 Å². The first-order chi connectivity index (χ1) is 4.80. The fraction of sp³-hybridized carbons (Fsp3) is 1.00. The minimum absolute atomic E-state index is 0.789. The maximum atomic E-state index is 3.64. The highest BCUT2D eigenvalue weighted by Crippen LogP contribution is 2.61. The molecule has 1 heterocycles. The van der Waals surface area contributed by atoms with E-state index >= 15 is 0 Å². The molecule has 0 aromatic heterocycles. The molecular weight excluding hydrogens is 122 g/mol. The summed E-state index contributed by atoms with van der Waals surface area (Å²) in [5, 5.41) is 3.64. The third-order valence-electron chi connectivity index (χ3n) is 3.91. The summed E-state index contributed by atoms with van der Waals surface area (Å²) in [5.74, 6) is 2.11. The molecule has 3 fully saturated rings. The average Bonchev–Trinajstić information content (AvgIpc) is 2.75. The molecule has 1 spiro atoms. The molecule has 1 aliphatic heterocycles. The van der Waals surface area contributed by atoms with Crippen molar-refractivity contribution in [3.8, 4) is 0 Å². The van der Waals surface area contributed by atoms with Gasteiger partial charge in [-0.25, -0.2) is 0 Å². The summed E-state index contributed by atoms with van der Waals surface area (Å²) < 4.78 is 0. The molecule has 10 heavy (non-hydrogen) atoms. The van der Waals surface area contributed by atoms with Crippen molar-refractivity contribution in [1.82, 2.24) is 5.32 Å². The summed E-state index contributed by atoms with van der Waals surface area (Å²) in [6.07, 6.45) is 4.53. The summed E-state index contributed by atoms with van der Waals surface area (Å²) in [5.41, 5.74) is 0.789. The van der Waals surface area contributed by atoms with Gasteiger partial charge in [0.1, 0.15) is 0 Å². The van der Waals surface area contributed by atoms with Crippen molar-refractivity contribution in [3.05, 3.63) is 0 Å². The van der Waals surface area contributed by atoms with Gasteiger partial charge in [-0.15, -0.1) is 0 Å². The van der Waals surface area contributed by atoms with E-state index in [9.17, 15) is 0 Å². The van der Waals surface area contributed by atoms with Crippen LogP contribution in [0.3, 0.4) is 0 Å². The van der Waals surface area contributed by atoms with E-state index in [4.69, 9.17) is 0 Å². The highest BCUT2D eigenvalue weighted by molar-refractivity contribution is 5.12. The average molecular weight is 137 g/mol. The van der Waals surface area contributed by atoms with Crippen molar-refractivity contribution in [2.24, 2.45) is 17.3 Å². The number of hydrogen-bond acceptors (Lipinski definition) is 1. The van der Waals surface area contributed by atoms with Crippen molar-refractivity contribution < 1.29 is 0 Å². The molecule has 0 bridgehead atoms. The molecule has 2 aliphatic carbocycles. The minimum atomic E-state index is 0.789. The zero-order valence-corrected chi connectivity index (χ0v) is 6.56. The van der Waals surface area contributed by atoms with Crippen LogP contribution in [0.2, 0.25) is 0 Å². The Morgan fingerprint density at radius 1 is 1.40 bits per heavy atom. The van der Waals surface area contributed by atoms with E-state index in [1.54, 1.807) is 6.42 Å². The molecule has 3 aliphatic rings. The van der Waals surface area contributed by atoms with Crippen LogP contribution in [0.15, 0.2) is 0 Å². The van der Waals surface area contributed by atoms with Crippen LogP contribution >= 0.6 is 0 Å². The van der Waals surface area contributed by atoms with Gasteiger partial charge in [0.2, 0.25) is 0 Å². The Balaban J connectivity index is 1.78. The van der Waals surface area contributed by atoms with Crippen molar-refractivity contribution in [2.75, 3.05) is 6.54 Å². The highest BCUT2D eigenvalue weighted by atomic mass is 15.0. The second-order valence-corrected chi connectivity index (χ2v) is 4.65. The van der Waals surface area contributed by atoms with Crippen LogP contribution in [0, 0.1) is 17.3 Å². The van der Waals surface area contributed by atoms with Crippen molar-refractivity contribution in [2.45, 2.75) is 32.2 Å². The summed E-state index contributed by atoms with van der Waals surface area (Å²) in [6.45, 7) is 3.74. The molecule has 56 valence electrons. The lowest BCUT2D eigenvalue weighted by Crippen LogP contribution is -2.33. The standard InChI is InChI=1S/C9H15N/c1-6-3-9(6)4-7-2-8(7)10-5-9/h6-8,10H,2-5H2,1H3. The highest BCUT2D eigenvalue weighted by Gasteiger charge is 2.58. The third-order valence-corrected chi connectivity index (χ3v) is 3.91. The van der Waals surface area contributed by atoms with E-state index in [1.807, 2.05) is 0 Å². The topological polar surface area (TPSA) is 12.0 Å². The molecular formula is C9H15N. The zero-order valence-electron chi connectivity index (χ0n) is 6.56. The molecule has 0 aromatic carbocycles. The monoisotopic (exact) mass is 137 g/mol. The molecule has 2 saturated carbocycles. The molecule has 1 saturated heterocycles. The first-order valence-electron chi connectivity index (χ1n) is 4.54. The number of rotatable bonds is 0. The van der Waals surface area contributed by atoms with Crippen LogP contribution in [-0.4, -0.2) is 12.6 Å². The van der Waals surface area contributed by atoms with Gasteiger partial charge in [0, 0.05) is 12.6 Å². The van der Waals surface area contributed by atoms with E-state index in [2.05, 4.69) is 12.2 Å². The first kappa shape index (κ1) is 5.59. The van der Waals surface area contributed by atoms with Gasteiger partial charge >= 0.3 is 0 Å². The van der Waals surface area contributed by atoms with Crippen molar-refractivity contribution in [3.63, 3.8) is 0 Å². The van der Waals surface area contributed by atoms with Gasteiger partial charge in [-0.05, 0) is 36.5 Å². The molecule has 4 unspecified atom stereocenters. The van der Waals surface area contributed by atoms with E-state index in [0.29, 0.717) is 0 Å². The van der Waals surface area contributed by atoms with E-state index < -0.39 is 0 Å². The maximum absolute atomic E-state index is 3.64. The Labute approximate surface area is 62.2 Å². The molecule has 0 amide bonds. The fourth-order valence-electron chi connectivity index (χ4n) is 2.73. The number of piperidine rings is 1. The lowest BCUT2D eigenvalue weighted by molar-refractivity contribution is 0.324. The largest absolute Gasteiger partial charge is 0.313 e. The van der Waals surface area contributed by atoms with Crippen LogP contribution in [-0.2, 0) is 0 Å². The second-order valence-electron chi connectivity index (χ2n) is 4.65. The van der Waals surface area contributed by atoms with Gasteiger partial charge in [0.15, 0.2) is 0 Å². The summed E-state index contributed by atoms with van der Waals surface area (Å²) in [7, 11) is 0. The Bertz CT molecular complexity index is 178. The third kappa shape index (κ3) is 0.572. The molecule has 0 aromatic rings. The van der Waals surface area contributed by atoms with Crippen LogP contribution in [0.4, 0.5) is 0 Å². The maximum Gasteiger partial charge on any atom is 0.00995 e. The van der Waals surface area contributed by atoms with Gasteiger partial charge < -0.3 is 5.32 Å². The smallest absolute Gasteiger partial charge is 0.00995 e. The van der Waals surface area contributed by atoms with Gasteiger partial charge in [0.25, 0.3) is 0 Å². The Kier molecular flexibility index (Phi) is 0.797. The number of fused-ring (bicyclic) bond motifs is 1. The lowest BCUT2D eigenvalue weighted by atomic mass is 9.93. The predicted octanol–water partition coefficient (Wildman–Crippen LogP) is 1.39. The molecule has 1 N–H and O–H groups in total. The summed E-state index contributed by atoms with van der Waals surface area (Å²) in [4.78, 5) is 0. The normalized spacial score (nSPS) is 63.9. The molecule has 3 rings (SSSR count). The Morgan fingerprint density at radius 3 is 2.80 bits per heavy atom. The van der Waals surface area contributed by atoms with Crippen LogP contribution < -0.4 is 5.32 Å². The van der Waals surface area contributed by atoms with Gasteiger partial charge in [-0.1, -0.05) is 6.92 Å². The van der Waals surface area contributed by atoms with E-state index in [0.717, 1.165) is 23.3 Å². The van der Waals surface area contributed by atoms with Crippen molar-refractivity contribution in [1.29, 1.82) is 0 Å². The SMILES string of the molecule is CC1CC12CNC1CC1C2. The van der Waals surface area contributed by atoms with Crippen LogP contribution in [0.1, 0.15) is 26.2 Å².